The lowest BCUT2D eigenvalue weighted by Gasteiger charge is -2.04. The van der Waals surface area contributed by atoms with Crippen LogP contribution in [0.5, 0.6) is 0 Å². The van der Waals surface area contributed by atoms with Gasteiger partial charge in [-0.05, 0) is 36.2 Å². The first kappa shape index (κ1) is 19.5. The molecule has 7 nitrogen and oxygen atoms in total. The molecule has 3 aromatic rings. The number of hydrogen-bond donors (Lipinski definition) is 2. The third-order valence-corrected chi connectivity index (χ3v) is 4.14. The summed E-state index contributed by atoms with van der Waals surface area (Å²) in [5.41, 5.74) is 1.48. The minimum Gasteiger partial charge on any atom is -0.385 e. The summed E-state index contributed by atoms with van der Waals surface area (Å²) in [5, 5.41) is 5.53. The second kappa shape index (κ2) is 9.09. The predicted molar refractivity (Wildman–Crippen MR) is 102 cm³/mol. The fraction of sp³-hybridized carbons (Fsp3) is 0.250. The van der Waals surface area contributed by atoms with Gasteiger partial charge in [0, 0.05) is 33.0 Å². The lowest BCUT2D eigenvalue weighted by molar-refractivity contribution is 0.0939. The van der Waals surface area contributed by atoms with E-state index in [0.29, 0.717) is 25.1 Å². The van der Waals surface area contributed by atoms with Crippen LogP contribution in [0.3, 0.4) is 0 Å². The Bertz CT molecular complexity index is 969. The number of aromatic nitrogens is 2. The fourth-order valence-corrected chi connectivity index (χ4v) is 2.73. The van der Waals surface area contributed by atoms with E-state index in [2.05, 4.69) is 15.6 Å². The molecule has 0 spiro atoms. The Balaban J connectivity index is 1.76. The topological polar surface area (TPSA) is 84.7 Å². The number of pyridine rings is 1. The zero-order valence-corrected chi connectivity index (χ0v) is 15.4. The first-order chi connectivity index (χ1) is 13.6. The monoisotopic (exact) mass is 384 g/mol. The van der Waals surface area contributed by atoms with E-state index in [1.165, 1.54) is 12.1 Å². The van der Waals surface area contributed by atoms with Gasteiger partial charge in [-0.1, -0.05) is 18.2 Å². The molecule has 28 heavy (non-hydrogen) atoms. The minimum atomic E-state index is -0.427. The third-order valence-electron chi connectivity index (χ3n) is 4.14. The highest BCUT2D eigenvalue weighted by atomic mass is 19.1. The fourth-order valence-electron chi connectivity index (χ4n) is 2.73. The normalized spacial score (nSPS) is 10.8. The summed E-state index contributed by atoms with van der Waals surface area (Å²) in [6.45, 7) is 1.21. The number of halogens is 1. The Hall–Kier alpha value is -3.26. The summed E-state index contributed by atoms with van der Waals surface area (Å²) in [7, 11) is 1.60. The number of carbonyl (C=O) groups excluding carboxylic acids is 2. The van der Waals surface area contributed by atoms with Crippen molar-refractivity contribution in [1.29, 1.82) is 0 Å². The van der Waals surface area contributed by atoms with Gasteiger partial charge in [-0.25, -0.2) is 9.37 Å². The average Bonchev–Trinajstić information content (AvgIpc) is 3.10. The van der Waals surface area contributed by atoms with Crippen molar-refractivity contribution in [2.75, 3.05) is 20.3 Å². The van der Waals surface area contributed by atoms with E-state index in [9.17, 15) is 14.0 Å². The van der Waals surface area contributed by atoms with Gasteiger partial charge in [0.1, 0.15) is 5.82 Å². The molecule has 0 radical (unpaired) electrons. The van der Waals surface area contributed by atoms with Crippen molar-refractivity contribution in [3.05, 3.63) is 71.6 Å². The van der Waals surface area contributed by atoms with Gasteiger partial charge in [-0.15, -0.1) is 0 Å². The summed E-state index contributed by atoms with van der Waals surface area (Å²) in [4.78, 5) is 29.4. The molecule has 0 aliphatic rings. The first-order valence-corrected chi connectivity index (χ1v) is 8.87. The number of imidazole rings is 1. The number of amides is 2. The molecule has 3 rings (SSSR count). The molecule has 2 heterocycles. The van der Waals surface area contributed by atoms with E-state index < -0.39 is 5.91 Å². The second-order valence-electron chi connectivity index (χ2n) is 6.15. The molecule has 0 aliphatic heterocycles. The van der Waals surface area contributed by atoms with Crippen molar-refractivity contribution < 1.29 is 18.7 Å². The van der Waals surface area contributed by atoms with Gasteiger partial charge in [0.15, 0.2) is 5.69 Å². The Labute approximate surface area is 161 Å². The summed E-state index contributed by atoms with van der Waals surface area (Å²) >= 11 is 0. The van der Waals surface area contributed by atoms with E-state index in [-0.39, 0.29) is 29.8 Å². The zero-order chi connectivity index (χ0) is 19.9. The molecule has 2 aromatic heterocycles. The Kier molecular flexibility index (Phi) is 6.33. The second-order valence-corrected chi connectivity index (χ2v) is 6.15. The standard InChI is InChI=1S/C20H21FN4O3/c1-28-12-4-10-22-19(26)17-16-5-2-3-11-25(16)18(24-17)20(27)23-13-14-6-8-15(21)9-7-14/h2-3,5-9,11H,4,10,12-13H2,1H3,(H,22,26)(H,23,27). The number of nitrogens with one attached hydrogen (secondary N) is 2. The molecule has 0 saturated carbocycles. The van der Waals surface area contributed by atoms with Crippen molar-refractivity contribution in [3.63, 3.8) is 0 Å². The van der Waals surface area contributed by atoms with E-state index >= 15 is 0 Å². The van der Waals surface area contributed by atoms with Crippen LogP contribution in [0.15, 0.2) is 48.7 Å². The van der Waals surface area contributed by atoms with Crippen LogP contribution >= 0.6 is 0 Å². The summed E-state index contributed by atoms with van der Waals surface area (Å²) in [6.07, 6.45) is 2.36. The van der Waals surface area contributed by atoms with Crippen LogP contribution in [0.1, 0.15) is 33.1 Å². The van der Waals surface area contributed by atoms with Gasteiger partial charge < -0.3 is 15.4 Å². The molecule has 8 heteroatoms. The van der Waals surface area contributed by atoms with Crippen molar-refractivity contribution in [3.8, 4) is 0 Å². The molecular weight excluding hydrogens is 363 g/mol. The number of fused-ring (bicyclic) bond motifs is 1. The van der Waals surface area contributed by atoms with Crippen molar-refractivity contribution in [2.45, 2.75) is 13.0 Å². The maximum atomic E-state index is 13.0. The summed E-state index contributed by atoms with van der Waals surface area (Å²) < 4.78 is 19.5. The van der Waals surface area contributed by atoms with Crippen LogP contribution in [-0.2, 0) is 11.3 Å². The van der Waals surface area contributed by atoms with Gasteiger partial charge in [-0.2, -0.15) is 0 Å². The van der Waals surface area contributed by atoms with E-state index in [1.54, 1.807) is 48.0 Å². The number of benzene rings is 1. The Morgan fingerprint density at radius 1 is 1.11 bits per heavy atom. The van der Waals surface area contributed by atoms with Gasteiger partial charge in [0.05, 0.1) is 5.52 Å². The van der Waals surface area contributed by atoms with Gasteiger partial charge in [-0.3, -0.25) is 14.0 Å². The molecule has 2 N–H and O–H groups in total. The van der Waals surface area contributed by atoms with Crippen LogP contribution in [0.25, 0.3) is 5.52 Å². The molecule has 1 aromatic carbocycles. The smallest absolute Gasteiger partial charge is 0.287 e. The van der Waals surface area contributed by atoms with Gasteiger partial charge >= 0.3 is 0 Å². The Morgan fingerprint density at radius 3 is 2.64 bits per heavy atom. The van der Waals surface area contributed by atoms with E-state index in [1.807, 2.05) is 0 Å². The van der Waals surface area contributed by atoms with Gasteiger partial charge in [0.25, 0.3) is 11.8 Å². The quantitative estimate of drug-likeness (QED) is 0.583. The Morgan fingerprint density at radius 2 is 1.89 bits per heavy atom. The number of hydrogen-bond acceptors (Lipinski definition) is 4. The molecule has 0 aliphatic carbocycles. The average molecular weight is 384 g/mol. The highest BCUT2D eigenvalue weighted by Gasteiger charge is 2.21. The molecule has 0 bridgehead atoms. The molecule has 0 saturated heterocycles. The van der Waals surface area contributed by atoms with Crippen LogP contribution in [-0.4, -0.2) is 41.5 Å². The van der Waals surface area contributed by atoms with Crippen molar-refractivity contribution >= 4 is 17.3 Å². The highest BCUT2D eigenvalue weighted by molar-refractivity contribution is 6.02. The lowest BCUT2D eigenvalue weighted by atomic mass is 10.2. The number of nitrogens with zero attached hydrogens (tertiary/aromatic N) is 2. The van der Waals surface area contributed by atoms with Crippen LogP contribution < -0.4 is 10.6 Å². The SMILES string of the molecule is COCCCNC(=O)c1nc(C(=O)NCc2ccc(F)cc2)n2ccccc12. The van der Waals surface area contributed by atoms with Crippen LogP contribution in [0, 0.1) is 5.82 Å². The maximum absolute atomic E-state index is 13.0. The van der Waals surface area contributed by atoms with Crippen LogP contribution in [0.4, 0.5) is 4.39 Å². The number of methoxy groups -OCH3 is 1. The summed E-state index contributed by atoms with van der Waals surface area (Å²) in [6, 6.07) is 11.1. The van der Waals surface area contributed by atoms with Crippen molar-refractivity contribution in [2.24, 2.45) is 0 Å². The molecule has 0 atom stereocenters. The number of carbonyl (C=O) groups is 2. The molecule has 0 fully saturated rings. The molecule has 146 valence electrons. The highest BCUT2D eigenvalue weighted by Crippen LogP contribution is 2.13. The predicted octanol–water partition coefficient (Wildman–Crippen LogP) is 2.17. The number of rotatable bonds is 8. The molecule has 0 unspecified atom stereocenters. The zero-order valence-electron chi connectivity index (χ0n) is 15.4. The van der Waals surface area contributed by atoms with E-state index in [4.69, 9.17) is 4.74 Å². The van der Waals surface area contributed by atoms with E-state index in [0.717, 1.165) is 5.56 Å². The minimum absolute atomic E-state index is 0.111. The lowest BCUT2D eigenvalue weighted by Crippen LogP contribution is -2.27. The largest absolute Gasteiger partial charge is 0.385 e. The van der Waals surface area contributed by atoms with Crippen LogP contribution in [0.2, 0.25) is 0 Å². The molecular formula is C20H21FN4O3. The first-order valence-electron chi connectivity index (χ1n) is 8.87. The summed E-state index contributed by atoms with van der Waals surface area (Å²) in [5.74, 6) is -1.00. The maximum Gasteiger partial charge on any atom is 0.287 e. The third kappa shape index (κ3) is 4.52. The number of ether oxygens (including phenoxy) is 1. The van der Waals surface area contributed by atoms with Gasteiger partial charge in [0.2, 0.25) is 5.82 Å². The van der Waals surface area contributed by atoms with Crippen molar-refractivity contribution in [1.82, 2.24) is 20.0 Å². The molecule has 2 amide bonds.